The van der Waals surface area contributed by atoms with Crippen molar-refractivity contribution in [3.8, 4) is 5.95 Å². The molecule has 1 N–H and O–H groups in total. The summed E-state index contributed by atoms with van der Waals surface area (Å²) in [6.45, 7) is 5.18. The van der Waals surface area contributed by atoms with E-state index in [9.17, 15) is 0 Å². The van der Waals surface area contributed by atoms with Crippen LogP contribution in [0.2, 0.25) is 0 Å². The van der Waals surface area contributed by atoms with Gasteiger partial charge in [0.1, 0.15) is 6.33 Å². The molecule has 0 bridgehead atoms. The average Bonchev–Trinajstić information content (AvgIpc) is 3.04. The Morgan fingerprint density at radius 3 is 2.76 bits per heavy atom. The Kier molecular flexibility index (Phi) is 6.46. The number of hydrogen-bond donors (Lipinski definition) is 1. The highest BCUT2D eigenvalue weighted by atomic mass is 32.2. The van der Waals surface area contributed by atoms with Crippen molar-refractivity contribution in [2.45, 2.75) is 44.7 Å². The van der Waals surface area contributed by atoms with Gasteiger partial charge in [-0.1, -0.05) is 38.5 Å². The molecule has 0 aliphatic carbocycles. The lowest BCUT2D eigenvalue weighted by Gasteiger charge is -2.08. The van der Waals surface area contributed by atoms with Crippen molar-refractivity contribution < 1.29 is 0 Å². The lowest BCUT2D eigenvalue weighted by atomic mass is 10.3. The predicted octanol–water partition coefficient (Wildman–Crippen LogP) is 3.16. The average molecular weight is 306 g/mol. The molecule has 21 heavy (non-hydrogen) atoms. The summed E-state index contributed by atoms with van der Waals surface area (Å²) in [4.78, 5) is 17.5. The molecule has 7 heteroatoms. The van der Waals surface area contributed by atoms with Crippen LogP contribution >= 0.6 is 11.8 Å². The van der Waals surface area contributed by atoms with Gasteiger partial charge < -0.3 is 5.32 Å². The molecule has 0 fully saturated rings. The smallest absolute Gasteiger partial charge is 0.240 e. The molecule has 0 amide bonds. The molecule has 0 unspecified atom stereocenters. The van der Waals surface area contributed by atoms with Crippen LogP contribution in [0.5, 0.6) is 0 Å². The molecule has 0 spiro atoms. The van der Waals surface area contributed by atoms with Gasteiger partial charge in [-0.05, 0) is 12.8 Å². The fourth-order valence-electron chi connectivity index (χ4n) is 1.73. The van der Waals surface area contributed by atoms with Crippen LogP contribution in [0, 0.1) is 0 Å². The van der Waals surface area contributed by atoms with Crippen molar-refractivity contribution in [1.82, 2.24) is 24.5 Å². The van der Waals surface area contributed by atoms with E-state index in [1.807, 2.05) is 6.20 Å². The summed E-state index contributed by atoms with van der Waals surface area (Å²) in [7, 11) is 0. The van der Waals surface area contributed by atoms with E-state index in [0.717, 1.165) is 23.9 Å². The van der Waals surface area contributed by atoms with Crippen LogP contribution in [0.15, 0.2) is 23.9 Å². The third-order valence-electron chi connectivity index (χ3n) is 2.85. The van der Waals surface area contributed by atoms with Gasteiger partial charge in [-0.2, -0.15) is 15.0 Å². The normalized spacial score (nSPS) is 10.8. The lowest BCUT2D eigenvalue weighted by Crippen LogP contribution is -2.09. The Morgan fingerprint density at radius 2 is 2.05 bits per heavy atom. The number of anilines is 1. The van der Waals surface area contributed by atoms with Crippen molar-refractivity contribution in [1.29, 1.82) is 0 Å². The number of thioether (sulfide) groups is 1. The summed E-state index contributed by atoms with van der Waals surface area (Å²) in [6.07, 6.45) is 9.94. The van der Waals surface area contributed by atoms with Crippen molar-refractivity contribution in [2.75, 3.05) is 17.6 Å². The molecule has 2 rings (SSSR count). The Hall–Kier alpha value is -1.63. The fourth-order valence-corrected chi connectivity index (χ4v) is 2.56. The highest BCUT2D eigenvalue weighted by Crippen LogP contribution is 2.18. The molecule has 114 valence electrons. The summed E-state index contributed by atoms with van der Waals surface area (Å²) in [5, 5.41) is 4.00. The third kappa shape index (κ3) is 5.00. The predicted molar refractivity (Wildman–Crippen MR) is 86.0 cm³/mol. The minimum atomic E-state index is 0.610. The molecule has 0 saturated carbocycles. The zero-order valence-corrected chi connectivity index (χ0v) is 13.4. The largest absolute Gasteiger partial charge is 0.354 e. The zero-order valence-electron chi connectivity index (χ0n) is 12.6. The highest BCUT2D eigenvalue weighted by molar-refractivity contribution is 7.99. The maximum atomic E-state index is 4.51. The molecule has 2 heterocycles. The number of hydrogen-bond acceptors (Lipinski definition) is 6. The first-order valence-electron chi connectivity index (χ1n) is 7.44. The molecular weight excluding hydrogens is 284 g/mol. The van der Waals surface area contributed by atoms with E-state index >= 15 is 0 Å². The second kappa shape index (κ2) is 8.61. The van der Waals surface area contributed by atoms with Gasteiger partial charge in [0.05, 0.1) is 0 Å². The van der Waals surface area contributed by atoms with Crippen LogP contribution < -0.4 is 5.32 Å². The first-order chi connectivity index (χ1) is 10.3. The molecule has 0 atom stereocenters. The second-order valence-corrected chi connectivity index (χ2v) is 5.76. The topological polar surface area (TPSA) is 68.5 Å². The number of unbranched alkanes of at least 4 members (excludes halogenated alkanes) is 2. The maximum Gasteiger partial charge on any atom is 0.240 e. The Bertz CT molecular complexity index is 528. The zero-order chi connectivity index (χ0) is 14.9. The maximum absolute atomic E-state index is 4.51. The summed E-state index contributed by atoms with van der Waals surface area (Å²) in [5.74, 6) is 2.28. The van der Waals surface area contributed by atoms with E-state index in [4.69, 9.17) is 0 Å². The van der Waals surface area contributed by atoms with Gasteiger partial charge >= 0.3 is 0 Å². The Labute approximate surface area is 129 Å². The van der Waals surface area contributed by atoms with Crippen molar-refractivity contribution in [2.24, 2.45) is 0 Å². The number of nitrogens with one attached hydrogen (secondary N) is 1. The van der Waals surface area contributed by atoms with E-state index in [-0.39, 0.29) is 0 Å². The van der Waals surface area contributed by atoms with E-state index in [1.165, 1.54) is 19.3 Å². The van der Waals surface area contributed by atoms with Gasteiger partial charge in [-0.25, -0.2) is 4.98 Å². The molecule has 2 aromatic rings. The summed E-state index contributed by atoms with van der Waals surface area (Å²) < 4.78 is 1.80. The number of imidazole rings is 1. The van der Waals surface area contributed by atoms with Crippen LogP contribution in [0.3, 0.4) is 0 Å². The SMILES string of the molecule is CCCCCSc1nc(NCCC)nc(-n2ccnc2)n1. The van der Waals surface area contributed by atoms with Gasteiger partial charge in [-0.3, -0.25) is 4.57 Å². The molecular formula is C14H22N6S. The van der Waals surface area contributed by atoms with Crippen LogP contribution in [-0.4, -0.2) is 36.8 Å². The van der Waals surface area contributed by atoms with Crippen LogP contribution in [0.1, 0.15) is 39.5 Å². The number of rotatable bonds is 9. The molecule has 0 aliphatic rings. The van der Waals surface area contributed by atoms with E-state index < -0.39 is 0 Å². The standard InChI is InChI=1S/C14H22N6S/c1-3-5-6-10-21-14-18-12(16-7-4-2)17-13(19-14)20-9-8-15-11-20/h8-9,11H,3-7,10H2,1-2H3,(H,16,17,18,19). The monoisotopic (exact) mass is 306 g/mol. The van der Waals surface area contributed by atoms with E-state index in [0.29, 0.717) is 11.9 Å². The first kappa shape index (κ1) is 15.8. The molecule has 6 nitrogen and oxygen atoms in total. The van der Waals surface area contributed by atoms with Crippen LogP contribution in [0.25, 0.3) is 5.95 Å². The summed E-state index contributed by atoms with van der Waals surface area (Å²) in [6, 6.07) is 0. The van der Waals surface area contributed by atoms with Crippen LogP contribution in [0.4, 0.5) is 5.95 Å². The van der Waals surface area contributed by atoms with Gasteiger partial charge in [-0.15, -0.1) is 0 Å². The second-order valence-electron chi connectivity index (χ2n) is 4.69. The minimum Gasteiger partial charge on any atom is -0.354 e. The van der Waals surface area contributed by atoms with Crippen molar-refractivity contribution >= 4 is 17.7 Å². The van der Waals surface area contributed by atoms with Gasteiger partial charge in [0.2, 0.25) is 11.9 Å². The molecule has 0 aromatic carbocycles. The van der Waals surface area contributed by atoms with E-state index in [1.54, 1.807) is 28.9 Å². The number of nitrogens with zero attached hydrogens (tertiary/aromatic N) is 5. The summed E-state index contributed by atoms with van der Waals surface area (Å²) >= 11 is 1.68. The van der Waals surface area contributed by atoms with Gasteiger partial charge in [0, 0.05) is 24.7 Å². The van der Waals surface area contributed by atoms with Gasteiger partial charge in [0.15, 0.2) is 5.16 Å². The van der Waals surface area contributed by atoms with Gasteiger partial charge in [0.25, 0.3) is 0 Å². The Balaban J connectivity index is 2.12. The minimum absolute atomic E-state index is 0.610. The van der Waals surface area contributed by atoms with Crippen molar-refractivity contribution in [3.05, 3.63) is 18.7 Å². The molecule has 0 radical (unpaired) electrons. The molecule has 2 aromatic heterocycles. The quantitative estimate of drug-likeness (QED) is 0.567. The molecule has 0 aliphatic heterocycles. The van der Waals surface area contributed by atoms with Crippen molar-refractivity contribution in [3.63, 3.8) is 0 Å². The Morgan fingerprint density at radius 1 is 1.14 bits per heavy atom. The lowest BCUT2D eigenvalue weighted by molar-refractivity contribution is 0.774. The highest BCUT2D eigenvalue weighted by Gasteiger charge is 2.08. The number of aromatic nitrogens is 5. The van der Waals surface area contributed by atoms with E-state index in [2.05, 4.69) is 39.1 Å². The third-order valence-corrected chi connectivity index (χ3v) is 3.78. The first-order valence-corrected chi connectivity index (χ1v) is 8.43. The van der Waals surface area contributed by atoms with Crippen LogP contribution in [-0.2, 0) is 0 Å². The molecule has 0 saturated heterocycles. The fraction of sp³-hybridized carbons (Fsp3) is 0.571. The summed E-state index contributed by atoms with van der Waals surface area (Å²) in [5.41, 5.74) is 0.